The predicted octanol–water partition coefficient (Wildman–Crippen LogP) is 4.49. The standard InChI is InChI=1S/C22H25N5O3/c1-14(21-18-11-16(23)6-8-19(18)25-22(21)28)24-17-7-5-15(20(12-17)27(29)30)13-26-9-3-2-4-10-26/h5-8,11-12,25,28H,2-4,9-10,13,23H2,1H3. The van der Waals surface area contributed by atoms with Gasteiger partial charge in [0.25, 0.3) is 5.69 Å². The van der Waals surface area contributed by atoms with Crippen LogP contribution in [0.4, 0.5) is 17.1 Å². The average molecular weight is 407 g/mol. The number of rotatable bonds is 5. The zero-order valence-electron chi connectivity index (χ0n) is 16.9. The number of nitrogens with zero attached hydrogens (tertiary/aromatic N) is 3. The van der Waals surface area contributed by atoms with Crippen LogP contribution in [0.3, 0.4) is 0 Å². The van der Waals surface area contributed by atoms with Crippen molar-refractivity contribution in [2.45, 2.75) is 32.7 Å². The van der Waals surface area contributed by atoms with E-state index >= 15 is 0 Å². The number of fused-ring (bicyclic) bond motifs is 1. The van der Waals surface area contributed by atoms with E-state index in [9.17, 15) is 15.2 Å². The van der Waals surface area contributed by atoms with Crippen molar-refractivity contribution in [2.24, 2.45) is 4.99 Å². The van der Waals surface area contributed by atoms with Crippen molar-refractivity contribution in [1.29, 1.82) is 0 Å². The normalized spacial score (nSPS) is 15.6. The molecule has 4 N–H and O–H groups in total. The van der Waals surface area contributed by atoms with E-state index in [0.29, 0.717) is 34.8 Å². The first-order valence-electron chi connectivity index (χ1n) is 10.1. The number of aromatic hydroxyl groups is 1. The molecule has 0 spiro atoms. The van der Waals surface area contributed by atoms with Crippen molar-refractivity contribution in [3.05, 3.63) is 57.6 Å². The van der Waals surface area contributed by atoms with Crippen molar-refractivity contribution < 1.29 is 10.0 Å². The van der Waals surface area contributed by atoms with Gasteiger partial charge in [0.15, 0.2) is 5.88 Å². The lowest BCUT2D eigenvalue weighted by Gasteiger charge is -2.26. The second-order valence-electron chi connectivity index (χ2n) is 7.76. The van der Waals surface area contributed by atoms with Crippen molar-refractivity contribution in [2.75, 3.05) is 18.8 Å². The summed E-state index contributed by atoms with van der Waals surface area (Å²) in [5.41, 5.74) is 9.53. The third-order valence-corrected chi connectivity index (χ3v) is 5.57. The minimum absolute atomic E-state index is 0.00642. The minimum Gasteiger partial charge on any atom is -0.494 e. The van der Waals surface area contributed by atoms with Crippen molar-refractivity contribution >= 4 is 33.7 Å². The molecule has 1 saturated heterocycles. The number of H-pyrrole nitrogens is 1. The molecule has 1 aliphatic heterocycles. The maximum atomic E-state index is 11.7. The van der Waals surface area contributed by atoms with Crippen LogP contribution in [0.15, 0.2) is 41.4 Å². The Morgan fingerprint density at radius 1 is 1.23 bits per heavy atom. The molecule has 0 unspecified atom stereocenters. The fourth-order valence-electron chi connectivity index (χ4n) is 4.09. The third-order valence-electron chi connectivity index (χ3n) is 5.57. The molecule has 0 radical (unpaired) electrons. The molecule has 30 heavy (non-hydrogen) atoms. The van der Waals surface area contributed by atoms with E-state index in [1.54, 1.807) is 37.3 Å². The number of aromatic nitrogens is 1. The molecule has 156 valence electrons. The van der Waals surface area contributed by atoms with Crippen LogP contribution in [-0.4, -0.2) is 38.7 Å². The maximum absolute atomic E-state index is 11.7. The summed E-state index contributed by atoms with van der Waals surface area (Å²) < 4.78 is 0. The fraction of sp³-hybridized carbons (Fsp3) is 0.318. The number of likely N-dealkylation sites (tertiary alicyclic amines) is 1. The Bertz CT molecular complexity index is 1130. The molecule has 1 aliphatic rings. The summed E-state index contributed by atoms with van der Waals surface area (Å²) in [6.07, 6.45) is 3.49. The molecule has 1 fully saturated rings. The Labute approximate surface area is 174 Å². The van der Waals surface area contributed by atoms with Gasteiger partial charge in [0.1, 0.15) is 0 Å². The van der Waals surface area contributed by atoms with E-state index in [1.807, 2.05) is 0 Å². The van der Waals surface area contributed by atoms with Crippen LogP contribution in [0.5, 0.6) is 5.88 Å². The highest BCUT2D eigenvalue weighted by Gasteiger charge is 2.19. The van der Waals surface area contributed by atoms with Crippen LogP contribution < -0.4 is 5.73 Å². The van der Waals surface area contributed by atoms with Gasteiger partial charge in [-0.25, -0.2) is 0 Å². The van der Waals surface area contributed by atoms with Crippen molar-refractivity contribution in [1.82, 2.24) is 9.88 Å². The number of hydrogen-bond acceptors (Lipinski definition) is 6. The molecular weight excluding hydrogens is 382 g/mol. The first-order chi connectivity index (χ1) is 14.4. The Morgan fingerprint density at radius 3 is 2.73 bits per heavy atom. The van der Waals surface area contributed by atoms with Crippen LogP contribution in [0.2, 0.25) is 0 Å². The Hall–Kier alpha value is -3.39. The summed E-state index contributed by atoms with van der Waals surface area (Å²) in [5, 5.41) is 22.8. The van der Waals surface area contributed by atoms with Gasteiger partial charge in [-0.3, -0.25) is 20.0 Å². The zero-order valence-corrected chi connectivity index (χ0v) is 16.9. The topological polar surface area (TPSA) is 121 Å². The maximum Gasteiger partial charge on any atom is 0.276 e. The Balaban J connectivity index is 1.68. The van der Waals surface area contributed by atoms with Crippen molar-refractivity contribution in [3.63, 3.8) is 0 Å². The summed E-state index contributed by atoms with van der Waals surface area (Å²) in [5.74, 6) is -0.00642. The van der Waals surface area contributed by atoms with Crippen LogP contribution in [0.1, 0.15) is 37.3 Å². The zero-order chi connectivity index (χ0) is 21.3. The van der Waals surface area contributed by atoms with Gasteiger partial charge in [0.05, 0.1) is 21.9 Å². The van der Waals surface area contributed by atoms with Crippen LogP contribution in [0, 0.1) is 10.1 Å². The van der Waals surface area contributed by atoms with Gasteiger partial charge in [-0.2, -0.15) is 0 Å². The monoisotopic (exact) mass is 407 g/mol. The first-order valence-corrected chi connectivity index (χ1v) is 10.1. The highest BCUT2D eigenvalue weighted by atomic mass is 16.6. The van der Waals surface area contributed by atoms with Gasteiger partial charge < -0.3 is 15.8 Å². The molecule has 0 saturated carbocycles. The largest absolute Gasteiger partial charge is 0.494 e. The number of anilines is 1. The lowest BCUT2D eigenvalue weighted by molar-refractivity contribution is -0.385. The summed E-state index contributed by atoms with van der Waals surface area (Å²) in [6.45, 7) is 4.28. The summed E-state index contributed by atoms with van der Waals surface area (Å²) in [7, 11) is 0. The molecule has 0 atom stereocenters. The van der Waals surface area contributed by atoms with Gasteiger partial charge in [0, 0.05) is 34.8 Å². The predicted molar refractivity (Wildman–Crippen MR) is 118 cm³/mol. The number of nitrogen functional groups attached to an aromatic ring is 1. The van der Waals surface area contributed by atoms with Gasteiger partial charge in [-0.05, 0) is 63.2 Å². The Morgan fingerprint density at radius 2 is 2.00 bits per heavy atom. The van der Waals surface area contributed by atoms with Crippen LogP contribution in [0.25, 0.3) is 10.9 Å². The molecule has 0 bridgehead atoms. The SMILES string of the molecule is CC(=Nc1ccc(CN2CCCCC2)c([N+](=O)[O-])c1)c1c(O)[nH]c2ccc(N)cc12. The summed E-state index contributed by atoms with van der Waals surface area (Å²) in [4.78, 5) is 21.0. The number of hydrogen-bond donors (Lipinski definition) is 3. The smallest absolute Gasteiger partial charge is 0.276 e. The summed E-state index contributed by atoms with van der Waals surface area (Å²) in [6, 6.07) is 10.4. The molecule has 4 rings (SSSR count). The Kier molecular flexibility index (Phi) is 5.41. The molecule has 3 aromatic rings. The lowest BCUT2D eigenvalue weighted by Crippen LogP contribution is -2.29. The quantitative estimate of drug-likeness (QED) is 0.249. The number of piperidine rings is 1. The van der Waals surface area contributed by atoms with Gasteiger partial charge >= 0.3 is 0 Å². The number of benzene rings is 2. The van der Waals surface area contributed by atoms with E-state index in [0.717, 1.165) is 36.8 Å². The number of nitro groups is 1. The average Bonchev–Trinajstić information content (AvgIpc) is 3.04. The summed E-state index contributed by atoms with van der Waals surface area (Å²) >= 11 is 0. The first kappa shape index (κ1) is 19.9. The van der Waals surface area contributed by atoms with E-state index in [1.165, 1.54) is 12.5 Å². The van der Waals surface area contributed by atoms with E-state index in [2.05, 4.69) is 14.9 Å². The fourth-order valence-corrected chi connectivity index (χ4v) is 4.09. The number of aliphatic imine (C=N–C) groups is 1. The molecule has 0 amide bonds. The molecule has 1 aromatic heterocycles. The number of nitro benzene ring substituents is 1. The van der Waals surface area contributed by atoms with Gasteiger partial charge in [0.2, 0.25) is 0 Å². The third kappa shape index (κ3) is 3.99. The second-order valence-corrected chi connectivity index (χ2v) is 7.76. The molecule has 8 nitrogen and oxygen atoms in total. The van der Waals surface area contributed by atoms with E-state index in [-0.39, 0.29) is 16.5 Å². The van der Waals surface area contributed by atoms with Crippen molar-refractivity contribution in [3.8, 4) is 5.88 Å². The highest BCUT2D eigenvalue weighted by molar-refractivity contribution is 6.13. The molecule has 8 heteroatoms. The molecular formula is C22H25N5O3. The number of aromatic amines is 1. The minimum atomic E-state index is -0.350. The molecule has 2 aromatic carbocycles. The lowest BCUT2D eigenvalue weighted by atomic mass is 10.1. The van der Waals surface area contributed by atoms with Gasteiger partial charge in [-0.1, -0.05) is 6.42 Å². The van der Waals surface area contributed by atoms with E-state index in [4.69, 9.17) is 5.73 Å². The molecule has 0 aliphatic carbocycles. The second kappa shape index (κ2) is 8.16. The van der Waals surface area contributed by atoms with Gasteiger partial charge in [-0.15, -0.1) is 0 Å². The highest BCUT2D eigenvalue weighted by Crippen LogP contribution is 2.32. The van der Waals surface area contributed by atoms with Crippen LogP contribution in [-0.2, 0) is 6.54 Å². The number of nitrogens with two attached hydrogens (primary N) is 1. The molecule has 2 heterocycles. The number of nitrogens with one attached hydrogen (secondary N) is 1. The van der Waals surface area contributed by atoms with E-state index < -0.39 is 0 Å². The van der Waals surface area contributed by atoms with Crippen LogP contribution >= 0.6 is 0 Å².